The first-order valence-electron chi connectivity index (χ1n) is 10.2. The summed E-state index contributed by atoms with van der Waals surface area (Å²) < 4.78 is 5.08. The van der Waals surface area contributed by atoms with Crippen molar-refractivity contribution in [1.82, 2.24) is 4.90 Å². The fourth-order valence-electron chi connectivity index (χ4n) is 3.74. The number of methoxy groups -OCH3 is 1. The number of nitrogens with zero attached hydrogens (tertiary/aromatic N) is 1. The van der Waals surface area contributed by atoms with Gasteiger partial charge in [0.2, 0.25) is 5.91 Å². The summed E-state index contributed by atoms with van der Waals surface area (Å²) in [4.78, 5) is 39.0. The van der Waals surface area contributed by atoms with Crippen LogP contribution in [0.15, 0.2) is 72.4 Å². The van der Waals surface area contributed by atoms with Crippen LogP contribution in [-0.4, -0.2) is 42.9 Å². The molecule has 0 unspecified atom stereocenters. The van der Waals surface area contributed by atoms with E-state index in [9.17, 15) is 14.4 Å². The van der Waals surface area contributed by atoms with Crippen molar-refractivity contribution in [1.29, 1.82) is 0 Å². The van der Waals surface area contributed by atoms with E-state index in [4.69, 9.17) is 4.74 Å². The summed E-state index contributed by atoms with van der Waals surface area (Å²) in [6, 6.07) is 20.4. The average molecular weight is 429 g/mol. The molecule has 32 heavy (non-hydrogen) atoms. The molecular formula is C25H23N3O4. The van der Waals surface area contributed by atoms with Crippen molar-refractivity contribution < 1.29 is 19.1 Å². The van der Waals surface area contributed by atoms with Gasteiger partial charge in [0, 0.05) is 30.8 Å². The highest BCUT2D eigenvalue weighted by Gasteiger charge is 2.39. The molecule has 0 saturated heterocycles. The lowest BCUT2D eigenvalue weighted by molar-refractivity contribution is -0.137. The van der Waals surface area contributed by atoms with Gasteiger partial charge in [-0.3, -0.25) is 19.3 Å². The Kier molecular flexibility index (Phi) is 6.00. The number of hydrogen-bond acceptors (Lipinski definition) is 5. The van der Waals surface area contributed by atoms with Gasteiger partial charge in [-0.05, 0) is 29.1 Å². The monoisotopic (exact) mass is 429 g/mol. The van der Waals surface area contributed by atoms with Crippen LogP contribution in [0.1, 0.15) is 12.5 Å². The number of nitrogens with one attached hydrogen (secondary N) is 2. The summed E-state index contributed by atoms with van der Waals surface area (Å²) in [7, 11) is 1.52. The van der Waals surface area contributed by atoms with Crippen LogP contribution >= 0.6 is 0 Å². The van der Waals surface area contributed by atoms with E-state index in [-0.39, 0.29) is 36.2 Å². The van der Waals surface area contributed by atoms with Crippen molar-refractivity contribution >= 4 is 45.4 Å². The number of hydrogen-bond donors (Lipinski definition) is 2. The lowest BCUT2D eigenvalue weighted by Gasteiger charge is -2.15. The fourth-order valence-corrected chi connectivity index (χ4v) is 3.74. The van der Waals surface area contributed by atoms with Gasteiger partial charge in [-0.1, -0.05) is 48.5 Å². The summed E-state index contributed by atoms with van der Waals surface area (Å²) in [5.41, 5.74) is 2.43. The maximum absolute atomic E-state index is 13.2. The second-order valence-electron chi connectivity index (χ2n) is 7.41. The maximum atomic E-state index is 13.2. The first kappa shape index (κ1) is 21.3. The van der Waals surface area contributed by atoms with Gasteiger partial charge < -0.3 is 15.4 Å². The predicted octanol–water partition coefficient (Wildman–Crippen LogP) is 3.64. The van der Waals surface area contributed by atoms with Crippen LogP contribution < -0.4 is 10.6 Å². The maximum Gasteiger partial charge on any atom is 0.278 e. The van der Waals surface area contributed by atoms with Crippen molar-refractivity contribution in [3.05, 3.63) is 78.0 Å². The molecule has 162 valence electrons. The van der Waals surface area contributed by atoms with Crippen LogP contribution in [0.3, 0.4) is 0 Å². The van der Waals surface area contributed by atoms with E-state index in [0.717, 1.165) is 16.5 Å². The van der Waals surface area contributed by atoms with Crippen molar-refractivity contribution in [3.63, 3.8) is 0 Å². The standard InChI is InChI=1S/C25H23N3O4/c1-16(29)26-19-12-10-18(11-13-19)22-23(25(31)28(24(22)30)14-15-32-2)27-21-9-5-7-17-6-3-4-8-20(17)21/h3-13,27H,14-15H2,1-2H3,(H,26,29). The summed E-state index contributed by atoms with van der Waals surface area (Å²) in [6.07, 6.45) is 0. The number of carbonyl (C=O) groups excluding carboxylic acids is 3. The zero-order valence-corrected chi connectivity index (χ0v) is 17.8. The largest absolute Gasteiger partial charge is 0.383 e. The normalized spacial score (nSPS) is 13.8. The highest BCUT2D eigenvalue weighted by molar-refractivity contribution is 6.36. The molecule has 3 aromatic carbocycles. The Morgan fingerprint density at radius 1 is 0.938 bits per heavy atom. The summed E-state index contributed by atoms with van der Waals surface area (Å²) in [5, 5.41) is 7.89. The highest BCUT2D eigenvalue weighted by atomic mass is 16.5. The van der Waals surface area contributed by atoms with Gasteiger partial charge in [0.15, 0.2) is 0 Å². The molecular weight excluding hydrogens is 406 g/mol. The molecule has 4 rings (SSSR count). The lowest BCUT2D eigenvalue weighted by Crippen LogP contribution is -2.35. The predicted molar refractivity (Wildman–Crippen MR) is 124 cm³/mol. The van der Waals surface area contributed by atoms with E-state index in [2.05, 4.69) is 10.6 Å². The molecule has 0 saturated carbocycles. The topological polar surface area (TPSA) is 87.7 Å². The Labute approximate surface area is 185 Å². The minimum absolute atomic E-state index is 0.155. The summed E-state index contributed by atoms with van der Waals surface area (Å²) in [6.45, 7) is 1.83. The van der Waals surface area contributed by atoms with Crippen LogP contribution in [0.5, 0.6) is 0 Å². The van der Waals surface area contributed by atoms with Gasteiger partial charge >= 0.3 is 0 Å². The van der Waals surface area contributed by atoms with Gasteiger partial charge in [-0.25, -0.2) is 0 Å². The minimum atomic E-state index is -0.402. The van der Waals surface area contributed by atoms with E-state index >= 15 is 0 Å². The van der Waals surface area contributed by atoms with Gasteiger partial charge in [0.25, 0.3) is 11.8 Å². The third kappa shape index (κ3) is 4.10. The molecule has 2 N–H and O–H groups in total. The Morgan fingerprint density at radius 2 is 1.66 bits per heavy atom. The minimum Gasteiger partial charge on any atom is -0.383 e. The Morgan fingerprint density at radius 3 is 2.38 bits per heavy atom. The molecule has 1 aliphatic heterocycles. The number of ether oxygens (including phenoxy) is 1. The summed E-state index contributed by atoms with van der Waals surface area (Å²) in [5.74, 6) is -0.976. The van der Waals surface area contributed by atoms with Crippen molar-refractivity contribution in [3.8, 4) is 0 Å². The van der Waals surface area contributed by atoms with Crippen LogP contribution in [0, 0.1) is 0 Å². The average Bonchev–Trinajstić information content (AvgIpc) is 3.02. The molecule has 0 radical (unpaired) electrons. The van der Waals surface area contributed by atoms with E-state index in [1.807, 2.05) is 42.5 Å². The molecule has 0 bridgehead atoms. The third-order valence-electron chi connectivity index (χ3n) is 5.23. The number of fused-ring (bicyclic) bond motifs is 1. The molecule has 7 nitrogen and oxygen atoms in total. The van der Waals surface area contributed by atoms with Gasteiger partial charge in [0.05, 0.1) is 18.7 Å². The number of amides is 3. The molecule has 3 amide bonds. The Hall–Kier alpha value is -3.97. The smallest absolute Gasteiger partial charge is 0.278 e. The Balaban J connectivity index is 1.77. The van der Waals surface area contributed by atoms with E-state index in [0.29, 0.717) is 11.3 Å². The number of benzene rings is 3. The van der Waals surface area contributed by atoms with Crippen molar-refractivity contribution in [2.45, 2.75) is 6.92 Å². The second kappa shape index (κ2) is 9.03. The third-order valence-corrected chi connectivity index (χ3v) is 5.23. The first-order chi connectivity index (χ1) is 15.5. The number of carbonyl (C=O) groups is 3. The zero-order chi connectivity index (χ0) is 22.7. The number of imide groups is 1. The molecule has 1 aliphatic rings. The molecule has 0 spiro atoms. The van der Waals surface area contributed by atoms with E-state index < -0.39 is 5.91 Å². The summed E-state index contributed by atoms with van der Waals surface area (Å²) >= 11 is 0. The van der Waals surface area contributed by atoms with Crippen LogP contribution in [0.2, 0.25) is 0 Å². The van der Waals surface area contributed by atoms with Crippen LogP contribution in [-0.2, 0) is 19.1 Å². The van der Waals surface area contributed by atoms with Crippen LogP contribution in [0.25, 0.3) is 16.3 Å². The van der Waals surface area contributed by atoms with Gasteiger partial charge in [0.1, 0.15) is 5.70 Å². The molecule has 0 fully saturated rings. The second-order valence-corrected chi connectivity index (χ2v) is 7.41. The molecule has 0 aromatic heterocycles. The van der Waals surface area contributed by atoms with E-state index in [1.165, 1.54) is 18.9 Å². The number of rotatable bonds is 7. The molecule has 1 heterocycles. The zero-order valence-electron chi connectivity index (χ0n) is 17.8. The molecule has 7 heteroatoms. The van der Waals surface area contributed by atoms with E-state index in [1.54, 1.807) is 24.3 Å². The number of anilines is 2. The fraction of sp³-hybridized carbons (Fsp3) is 0.160. The molecule has 3 aromatic rings. The van der Waals surface area contributed by atoms with Gasteiger partial charge in [-0.15, -0.1) is 0 Å². The van der Waals surface area contributed by atoms with Crippen LogP contribution in [0.4, 0.5) is 11.4 Å². The molecule has 0 atom stereocenters. The lowest BCUT2D eigenvalue weighted by atomic mass is 10.0. The van der Waals surface area contributed by atoms with Gasteiger partial charge in [-0.2, -0.15) is 0 Å². The quantitative estimate of drug-likeness (QED) is 0.560. The van der Waals surface area contributed by atoms with Crippen molar-refractivity contribution in [2.75, 3.05) is 30.9 Å². The Bertz CT molecular complexity index is 1230. The van der Waals surface area contributed by atoms with Crippen molar-refractivity contribution in [2.24, 2.45) is 0 Å². The first-order valence-corrected chi connectivity index (χ1v) is 10.2. The highest BCUT2D eigenvalue weighted by Crippen LogP contribution is 2.33. The SMILES string of the molecule is COCCN1C(=O)C(Nc2cccc3ccccc23)=C(c2ccc(NC(C)=O)cc2)C1=O. The molecule has 0 aliphatic carbocycles.